The fraction of sp³-hybridized carbons (Fsp3) is 0.800. The van der Waals surface area contributed by atoms with Crippen LogP contribution in [0.2, 0.25) is 0 Å². The van der Waals surface area contributed by atoms with Crippen LogP contribution in [0.25, 0.3) is 0 Å². The lowest BCUT2D eigenvalue weighted by Crippen LogP contribution is -2.39. The van der Waals surface area contributed by atoms with Crippen LogP contribution in [-0.4, -0.2) is 53.7 Å². The second-order valence-corrected chi connectivity index (χ2v) is 5.56. The molecule has 2 rings (SSSR count). The van der Waals surface area contributed by atoms with Gasteiger partial charge in [-0.1, -0.05) is 0 Å². The molecule has 0 aliphatic carbocycles. The van der Waals surface area contributed by atoms with Crippen molar-refractivity contribution in [3.8, 4) is 0 Å². The summed E-state index contributed by atoms with van der Waals surface area (Å²) >= 11 is 0. The Hall–Kier alpha value is -1.83. The summed E-state index contributed by atoms with van der Waals surface area (Å²) in [6.45, 7) is 6.27. The number of fused-ring (bicyclic) bond motifs is 1. The van der Waals surface area contributed by atoms with Gasteiger partial charge in [0.2, 0.25) is 0 Å². The first-order valence-electron chi connectivity index (χ1n) is 8.44. The van der Waals surface area contributed by atoms with Gasteiger partial charge in [0, 0.05) is 46.3 Å². The maximum atomic E-state index is 12.2. The highest BCUT2D eigenvalue weighted by Crippen LogP contribution is 2.09. The molecule has 0 atom stereocenters. The van der Waals surface area contributed by atoms with Crippen LogP contribution in [-0.2, 0) is 24.2 Å². The first-order valence-corrected chi connectivity index (χ1v) is 8.44. The average molecular weight is 324 g/mol. The SMILES string of the molecule is CCNC(=NCCCn1nc2n(c1=O)CCCC2)NCCOC. The molecule has 0 unspecified atom stereocenters. The van der Waals surface area contributed by atoms with Gasteiger partial charge in [0.25, 0.3) is 0 Å². The number of ether oxygens (including phenoxy) is 1. The van der Waals surface area contributed by atoms with Crippen LogP contribution < -0.4 is 16.3 Å². The van der Waals surface area contributed by atoms with Crippen molar-refractivity contribution in [2.45, 2.75) is 45.7 Å². The minimum Gasteiger partial charge on any atom is -0.383 e. The van der Waals surface area contributed by atoms with Gasteiger partial charge in [-0.05, 0) is 26.2 Å². The normalized spacial score (nSPS) is 14.6. The number of rotatable bonds is 8. The zero-order valence-electron chi connectivity index (χ0n) is 14.2. The highest BCUT2D eigenvalue weighted by Gasteiger charge is 2.15. The van der Waals surface area contributed by atoms with Gasteiger partial charge in [0.05, 0.1) is 6.61 Å². The maximum Gasteiger partial charge on any atom is 0.345 e. The number of hydrogen-bond donors (Lipinski definition) is 2. The van der Waals surface area contributed by atoms with Crippen molar-refractivity contribution in [3.63, 3.8) is 0 Å². The molecule has 1 aliphatic heterocycles. The molecule has 1 aliphatic rings. The molecule has 2 heterocycles. The standard InChI is InChI=1S/C15H28N6O2/c1-3-16-14(18-9-12-23-2)17-8-6-11-21-15(22)20-10-5-4-7-13(20)19-21/h3-12H2,1-2H3,(H2,16,17,18). The van der Waals surface area contributed by atoms with Crippen LogP contribution in [0.15, 0.2) is 9.79 Å². The van der Waals surface area contributed by atoms with Crippen molar-refractivity contribution < 1.29 is 4.74 Å². The van der Waals surface area contributed by atoms with E-state index in [1.807, 2.05) is 11.5 Å². The van der Waals surface area contributed by atoms with Crippen LogP contribution in [0, 0.1) is 0 Å². The zero-order valence-corrected chi connectivity index (χ0v) is 14.2. The molecular weight excluding hydrogens is 296 g/mol. The molecule has 2 N–H and O–H groups in total. The first-order chi connectivity index (χ1) is 11.3. The Morgan fingerprint density at radius 2 is 2.26 bits per heavy atom. The number of nitrogens with zero attached hydrogens (tertiary/aromatic N) is 4. The second-order valence-electron chi connectivity index (χ2n) is 5.56. The lowest BCUT2D eigenvalue weighted by molar-refractivity contribution is 0.203. The lowest BCUT2D eigenvalue weighted by Gasteiger charge is -2.10. The van der Waals surface area contributed by atoms with Gasteiger partial charge in [0.15, 0.2) is 5.96 Å². The molecule has 8 heteroatoms. The van der Waals surface area contributed by atoms with E-state index in [2.05, 4.69) is 20.7 Å². The van der Waals surface area contributed by atoms with Crippen LogP contribution in [0.4, 0.5) is 0 Å². The number of aromatic nitrogens is 3. The summed E-state index contributed by atoms with van der Waals surface area (Å²) in [5, 5.41) is 10.8. The predicted octanol–water partition coefficient (Wildman–Crippen LogP) is -0.0273. The number of nitrogens with one attached hydrogen (secondary N) is 2. The third-order valence-corrected chi connectivity index (χ3v) is 3.77. The van der Waals surface area contributed by atoms with Crippen molar-refractivity contribution in [1.82, 2.24) is 25.0 Å². The van der Waals surface area contributed by atoms with Gasteiger partial charge >= 0.3 is 5.69 Å². The topological polar surface area (TPSA) is 85.5 Å². The molecule has 0 spiro atoms. The first kappa shape index (κ1) is 17.5. The summed E-state index contributed by atoms with van der Waals surface area (Å²) in [5.41, 5.74) is 0.0220. The van der Waals surface area contributed by atoms with Gasteiger partial charge in [-0.15, -0.1) is 0 Å². The predicted molar refractivity (Wildman–Crippen MR) is 89.9 cm³/mol. The number of hydrogen-bond acceptors (Lipinski definition) is 4. The number of methoxy groups -OCH3 is 1. The largest absolute Gasteiger partial charge is 0.383 e. The number of guanidine groups is 1. The molecule has 0 saturated heterocycles. The fourth-order valence-corrected chi connectivity index (χ4v) is 2.62. The third-order valence-electron chi connectivity index (χ3n) is 3.77. The summed E-state index contributed by atoms with van der Waals surface area (Å²) in [6.07, 6.45) is 3.90. The highest BCUT2D eigenvalue weighted by molar-refractivity contribution is 5.79. The molecule has 1 aromatic heterocycles. The Labute approximate surface area is 136 Å². The third kappa shape index (κ3) is 5.09. The molecule has 0 bridgehead atoms. The van der Waals surface area contributed by atoms with Gasteiger partial charge < -0.3 is 15.4 Å². The zero-order chi connectivity index (χ0) is 16.5. The molecule has 0 radical (unpaired) electrons. The molecule has 1 aromatic rings. The number of aryl methyl sites for hydroxylation is 2. The summed E-state index contributed by atoms with van der Waals surface area (Å²) in [6, 6.07) is 0. The summed E-state index contributed by atoms with van der Waals surface area (Å²) < 4.78 is 8.41. The van der Waals surface area contributed by atoms with Crippen LogP contribution in [0.1, 0.15) is 32.0 Å². The fourth-order valence-electron chi connectivity index (χ4n) is 2.62. The molecule has 0 saturated carbocycles. The van der Waals surface area contributed by atoms with Gasteiger partial charge in [-0.2, -0.15) is 5.10 Å². The van der Waals surface area contributed by atoms with Crippen LogP contribution in [0.3, 0.4) is 0 Å². The van der Waals surface area contributed by atoms with Crippen LogP contribution in [0.5, 0.6) is 0 Å². The Morgan fingerprint density at radius 3 is 3.00 bits per heavy atom. The molecule has 0 fully saturated rings. The lowest BCUT2D eigenvalue weighted by atomic mass is 10.2. The smallest absolute Gasteiger partial charge is 0.345 e. The molecule has 0 amide bonds. The maximum absolute atomic E-state index is 12.2. The highest BCUT2D eigenvalue weighted by atomic mass is 16.5. The van der Waals surface area contributed by atoms with Crippen molar-refractivity contribution in [1.29, 1.82) is 0 Å². The van der Waals surface area contributed by atoms with E-state index in [0.29, 0.717) is 19.7 Å². The van der Waals surface area contributed by atoms with Crippen molar-refractivity contribution in [2.75, 3.05) is 33.4 Å². The van der Waals surface area contributed by atoms with Gasteiger partial charge in [0.1, 0.15) is 5.82 Å². The summed E-state index contributed by atoms with van der Waals surface area (Å²) in [5.74, 6) is 1.71. The van der Waals surface area contributed by atoms with Gasteiger partial charge in [-0.3, -0.25) is 9.56 Å². The average Bonchev–Trinajstić information content (AvgIpc) is 2.88. The van der Waals surface area contributed by atoms with E-state index >= 15 is 0 Å². The van der Waals surface area contributed by atoms with Crippen molar-refractivity contribution >= 4 is 5.96 Å². The van der Waals surface area contributed by atoms with Crippen molar-refractivity contribution in [3.05, 3.63) is 16.3 Å². The van der Waals surface area contributed by atoms with E-state index in [0.717, 1.165) is 57.1 Å². The van der Waals surface area contributed by atoms with E-state index in [1.54, 1.807) is 11.8 Å². The Bertz CT molecular complexity index is 563. The molecule has 0 aromatic carbocycles. The molecule has 23 heavy (non-hydrogen) atoms. The van der Waals surface area contributed by atoms with Crippen LogP contribution >= 0.6 is 0 Å². The Morgan fingerprint density at radius 1 is 1.39 bits per heavy atom. The molecule has 130 valence electrons. The Balaban J connectivity index is 1.82. The number of aliphatic imine (C=N–C) groups is 1. The van der Waals surface area contributed by atoms with E-state index in [9.17, 15) is 4.79 Å². The Kier molecular flexibility index (Phi) is 7.12. The summed E-state index contributed by atoms with van der Waals surface area (Å²) in [4.78, 5) is 16.7. The summed E-state index contributed by atoms with van der Waals surface area (Å²) in [7, 11) is 1.67. The van der Waals surface area contributed by atoms with E-state index in [-0.39, 0.29) is 5.69 Å². The van der Waals surface area contributed by atoms with E-state index in [1.165, 1.54) is 0 Å². The minimum absolute atomic E-state index is 0.0220. The monoisotopic (exact) mass is 324 g/mol. The quantitative estimate of drug-likeness (QED) is 0.398. The molecule has 8 nitrogen and oxygen atoms in total. The second kappa shape index (κ2) is 9.34. The van der Waals surface area contributed by atoms with Gasteiger partial charge in [-0.25, -0.2) is 9.48 Å². The molecular formula is C15H28N6O2. The van der Waals surface area contributed by atoms with E-state index < -0.39 is 0 Å². The minimum atomic E-state index is 0.0220. The van der Waals surface area contributed by atoms with Crippen molar-refractivity contribution in [2.24, 2.45) is 4.99 Å². The van der Waals surface area contributed by atoms with E-state index in [4.69, 9.17) is 4.74 Å².